The highest BCUT2D eigenvalue weighted by Gasteiger charge is 1.94. The lowest BCUT2D eigenvalue weighted by Gasteiger charge is -1.86. The molecule has 3 heteroatoms. The molecule has 1 rings (SSSR count). The molecule has 1 aromatic rings. The summed E-state index contributed by atoms with van der Waals surface area (Å²) in [4.78, 5) is 6.62. The molecule has 0 unspecified atom stereocenters. The molecule has 0 fully saturated rings. The molecule has 3 nitrogen and oxygen atoms in total. The van der Waals surface area contributed by atoms with Crippen LogP contribution in [-0.2, 0) is 6.42 Å². The quantitative estimate of drug-likeness (QED) is 0.622. The number of H-pyrrole nitrogens is 1. The van der Waals surface area contributed by atoms with Gasteiger partial charge >= 0.3 is 0 Å². The van der Waals surface area contributed by atoms with Crippen LogP contribution in [0.4, 0.5) is 0 Å². The van der Waals surface area contributed by atoms with Crippen molar-refractivity contribution in [3.63, 3.8) is 0 Å². The summed E-state index contributed by atoms with van der Waals surface area (Å²) in [7, 11) is 0. The average Bonchev–Trinajstić information content (AvgIpc) is 2.17. The number of rotatable bonds is 2. The Bertz CT molecular complexity index is 183. The van der Waals surface area contributed by atoms with Crippen molar-refractivity contribution in [1.29, 1.82) is 0 Å². The van der Waals surface area contributed by atoms with Crippen LogP contribution in [0.3, 0.4) is 0 Å². The van der Waals surface area contributed by atoms with Gasteiger partial charge in [-0.05, 0) is 6.42 Å². The molecule has 0 atom stereocenters. The second-order valence-corrected chi connectivity index (χ2v) is 1.97. The van der Waals surface area contributed by atoms with E-state index in [1.54, 1.807) is 0 Å². The summed E-state index contributed by atoms with van der Waals surface area (Å²) in [5.74, 6) is 1.01. The molecule has 0 aliphatic heterocycles. The van der Waals surface area contributed by atoms with Gasteiger partial charge in [-0.15, -0.1) is 0 Å². The third kappa shape index (κ3) is 1.45. The fourth-order valence-electron chi connectivity index (χ4n) is 0.715. The highest BCUT2D eigenvalue weighted by Crippen LogP contribution is 2.03. The van der Waals surface area contributed by atoms with Crippen LogP contribution in [0, 0.1) is 0 Å². The number of imidazole rings is 1. The fraction of sp³-hybridized carbons (Fsp3) is 0.500. The summed E-state index contributed by atoms with van der Waals surface area (Å²) in [6.07, 6.45) is 3.37. The van der Waals surface area contributed by atoms with Crippen LogP contribution in [-0.4, -0.2) is 15.1 Å². The van der Waals surface area contributed by atoms with Gasteiger partial charge in [0, 0.05) is 6.42 Å². The molecule has 0 bridgehead atoms. The maximum absolute atomic E-state index is 8.76. The second-order valence-electron chi connectivity index (χ2n) is 1.97. The molecule has 9 heavy (non-hydrogen) atoms. The number of hydrogen-bond acceptors (Lipinski definition) is 2. The van der Waals surface area contributed by atoms with Crippen LogP contribution in [0.1, 0.15) is 19.2 Å². The SMILES string of the molecule is CCCc1ncc(O)[nH]1. The van der Waals surface area contributed by atoms with Gasteiger partial charge in [0.15, 0.2) is 0 Å². The summed E-state index contributed by atoms with van der Waals surface area (Å²) < 4.78 is 0. The van der Waals surface area contributed by atoms with E-state index in [4.69, 9.17) is 5.11 Å². The van der Waals surface area contributed by atoms with Gasteiger partial charge in [-0.3, -0.25) is 0 Å². The van der Waals surface area contributed by atoms with Gasteiger partial charge in [0.05, 0.1) is 6.20 Å². The molecule has 0 aromatic carbocycles. The summed E-state index contributed by atoms with van der Waals surface area (Å²) in [5, 5.41) is 8.76. The zero-order chi connectivity index (χ0) is 6.69. The van der Waals surface area contributed by atoms with Crippen molar-refractivity contribution < 1.29 is 5.11 Å². The number of aromatic nitrogens is 2. The van der Waals surface area contributed by atoms with Gasteiger partial charge in [-0.1, -0.05) is 6.92 Å². The van der Waals surface area contributed by atoms with Gasteiger partial charge < -0.3 is 10.1 Å². The Morgan fingerprint density at radius 3 is 3.00 bits per heavy atom. The van der Waals surface area contributed by atoms with Gasteiger partial charge in [0.25, 0.3) is 0 Å². The number of nitrogens with zero attached hydrogens (tertiary/aromatic N) is 1. The predicted molar refractivity (Wildman–Crippen MR) is 34.2 cm³/mol. The monoisotopic (exact) mass is 126 g/mol. The Kier molecular flexibility index (Phi) is 1.72. The molecular formula is C6H10N2O. The summed E-state index contributed by atoms with van der Waals surface area (Å²) >= 11 is 0. The summed E-state index contributed by atoms with van der Waals surface area (Å²) in [6, 6.07) is 0. The van der Waals surface area contributed by atoms with Crippen molar-refractivity contribution in [3.8, 4) is 5.88 Å². The highest BCUT2D eigenvalue weighted by atomic mass is 16.3. The Labute approximate surface area is 53.7 Å². The Balaban J connectivity index is 2.61. The van der Waals surface area contributed by atoms with E-state index < -0.39 is 0 Å². The molecule has 1 aromatic heterocycles. The first-order valence-corrected chi connectivity index (χ1v) is 3.05. The summed E-state index contributed by atoms with van der Waals surface area (Å²) in [6.45, 7) is 2.07. The van der Waals surface area contributed by atoms with E-state index in [0.717, 1.165) is 18.7 Å². The predicted octanol–water partition coefficient (Wildman–Crippen LogP) is 1.07. The Morgan fingerprint density at radius 2 is 2.56 bits per heavy atom. The van der Waals surface area contributed by atoms with Crippen molar-refractivity contribution in [2.24, 2.45) is 0 Å². The number of aromatic hydroxyl groups is 1. The third-order valence-electron chi connectivity index (χ3n) is 1.10. The van der Waals surface area contributed by atoms with Crippen LogP contribution in [0.5, 0.6) is 5.88 Å². The first-order chi connectivity index (χ1) is 4.33. The summed E-state index contributed by atoms with van der Waals surface area (Å²) in [5.41, 5.74) is 0. The van der Waals surface area contributed by atoms with Crippen molar-refractivity contribution in [3.05, 3.63) is 12.0 Å². The second kappa shape index (κ2) is 2.53. The lowest BCUT2D eigenvalue weighted by Crippen LogP contribution is -1.83. The molecule has 0 spiro atoms. The Morgan fingerprint density at radius 1 is 1.78 bits per heavy atom. The zero-order valence-corrected chi connectivity index (χ0v) is 5.39. The Hall–Kier alpha value is -0.990. The first kappa shape index (κ1) is 6.13. The standard InChI is InChI=1S/C6H10N2O/c1-2-3-5-7-4-6(9)8-5/h4,9H,2-3H2,1H3,(H,7,8). The molecular weight excluding hydrogens is 116 g/mol. The number of aromatic amines is 1. The zero-order valence-electron chi connectivity index (χ0n) is 5.39. The fourth-order valence-corrected chi connectivity index (χ4v) is 0.715. The molecule has 0 saturated heterocycles. The highest BCUT2D eigenvalue weighted by molar-refractivity contribution is 5.04. The molecule has 1 heterocycles. The average molecular weight is 126 g/mol. The molecule has 0 aliphatic rings. The van der Waals surface area contributed by atoms with E-state index >= 15 is 0 Å². The maximum atomic E-state index is 8.76. The third-order valence-corrected chi connectivity index (χ3v) is 1.10. The van der Waals surface area contributed by atoms with E-state index in [9.17, 15) is 0 Å². The maximum Gasteiger partial charge on any atom is 0.208 e. The number of hydrogen-bond donors (Lipinski definition) is 2. The van der Waals surface area contributed by atoms with E-state index in [-0.39, 0.29) is 5.88 Å². The van der Waals surface area contributed by atoms with Gasteiger partial charge in [-0.2, -0.15) is 0 Å². The molecule has 2 N–H and O–H groups in total. The van der Waals surface area contributed by atoms with Crippen molar-refractivity contribution in [2.75, 3.05) is 0 Å². The first-order valence-electron chi connectivity index (χ1n) is 3.05. The van der Waals surface area contributed by atoms with Crippen molar-refractivity contribution >= 4 is 0 Å². The van der Waals surface area contributed by atoms with Crippen LogP contribution < -0.4 is 0 Å². The lowest BCUT2D eigenvalue weighted by atomic mass is 10.3. The van der Waals surface area contributed by atoms with Crippen molar-refractivity contribution in [2.45, 2.75) is 19.8 Å². The topological polar surface area (TPSA) is 48.9 Å². The van der Waals surface area contributed by atoms with E-state index in [1.807, 2.05) is 0 Å². The lowest BCUT2D eigenvalue weighted by molar-refractivity contribution is 0.455. The number of aryl methyl sites for hydroxylation is 1. The molecule has 0 amide bonds. The van der Waals surface area contributed by atoms with E-state index in [0.29, 0.717) is 0 Å². The smallest absolute Gasteiger partial charge is 0.208 e. The number of nitrogens with one attached hydrogen (secondary N) is 1. The minimum Gasteiger partial charge on any atom is -0.493 e. The van der Waals surface area contributed by atoms with Gasteiger partial charge in [-0.25, -0.2) is 4.98 Å². The molecule has 50 valence electrons. The van der Waals surface area contributed by atoms with Crippen LogP contribution >= 0.6 is 0 Å². The largest absolute Gasteiger partial charge is 0.493 e. The van der Waals surface area contributed by atoms with Gasteiger partial charge in [0.1, 0.15) is 5.82 Å². The van der Waals surface area contributed by atoms with E-state index in [1.165, 1.54) is 6.20 Å². The molecule has 0 saturated carbocycles. The van der Waals surface area contributed by atoms with Crippen LogP contribution in [0.2, 0.25) is 0 Å². The van der Waals surface area contributed by atoms with E-state index in [2.05, 4.69) is 16.9 Å². The molecule has 0 aliphatic carbocycles. The van der Waals surface area contributed by atoms with Crippen LogP contribution in [0.15, 0.2) is 6.20 Å². The minimum atomic E-state index is 0.151. The van der Waals surface area contributed by atoms with Crippen molar-refractivity contribution in [1.82, 2.24) is 9.97 Å². The van der Waals surface area contributed by atoms with Gasteiger partial charge in [0.2, 0.25) is 5.88 Å². The molecule has 0 radical (unpaired) electrons. The normalized spacial score (nSPS) is 9.89. The minimum absolute atomic E-state index is 0.151. The van der Waals surface area contributed by atoms with Crippen LogP contribution in [0.25, 0.3) is 0 Å².